The van der Waals surface area contributed by atoms with Crippen LogP contribution in [0.25, 0.3) is 0 Å². The monoisotopic (exact) mass is 469 g/mol. The zero-order valence-corrected chi connectivity index (χ0v) is 20.2. The van der Waals surface area contributed by atoms with Crippen LogP contribution >= 0.6 is 15.9 Å². The molecule has 0 amide bonds. The van der Waals surface area contributed by atoms with E-state index in [1.165, 1.54) is 63.5 Å². The summed E-state index contributed by atoms with van der Waals surface area (Å²) in [5.74, 6) is 3.69. The Labute approximate surface area is 190 Å². The van der Waals surface area contributed by atoms with E-state index < -0.39 is 0 Å². The molecular weight excluding hydrogens is 434 g/mol. The summed E-state index contributed by atoms with van der Waals surface area (Å²) in [6, 6.07) is 8.55. The van der Waals surface area contributed by atoms with Gasteiger partial charge < -0.3 is 0 Å². The Morgan fingerprint density at radius 3 is 2.63 bits per heavy atom. The Morgan fingerprint density at radius 1 is 0.967 bits per heavy atom. The molecule has 4 aliphatic carbocycles. The van der Waals surface area contributed by atoms with E-state index in [2.05, 4.69) is 65.2 Å². The molecule has 0 radical (unpaired) electrons. The lowest BCUT2D eigenvalue weighted by Crippen LogP contribution is -2.52. The van der Waals surface area contributed by atoms with E-state index in [-0.39, 0.29) is 6.10 Å². The van der Waals surface area contributed by atoms with E-state index >= 15 is 0 Å². The van der Waals surface area contributed by atoms with Crippen molar-refractivity contribution in [3.05, 3.63) is 40.4 Å². The maximum Gasteiger partial charge on any atom is 0.108 e. The molecule has 1 aromatic rings. The fraction of sp³-hybridized carbons (Fsp3) is 0.704. The second-order valence-corrected chi connectivity index (χ2v) is 12.3. The Morgan fingerprint density at radius 2 is 1.80 bits per heavy atom. The number of hydrogen-bond acceptors (Lipinski definition) is 2. The molecule has 4 saturated carbocycles. The maximum absolute atomic E-state index is 6.65. The molecule has 0 N–H and O–H groups in total. The number of benzene rings is 1. The smallest absolute Gasteiger partial charge is 0.108 e. The average Bonchev–Trinajstić information content (AvgIpc) is 3.06. The zero-order chi connectivity index (χ0) is 20.5. The summed E-state index contributed by atoms with van der Waals surface area (Å²) in [7, 11) is 0. The number of hydroxylamine groups is 1. The molecule has 0 saturated heterocycles. The number of halogens is 1. The van der Waals surface area contributed by atoms with Crippen molar-refractivity contribution in [3.63, 3.8) is 0 Å². The first-order valence-electron chi connectivity index (χ1n) is 12.4. The van der Waals surface area contributed by atoms with Crippen LogP contribution < -0.4 is 5.06 Å². The fourth-order valence-electron chi connectivity index (χ4n) is 8.75. The largest absolute Gasteiger partial charge is 0.265 e. The lowest BCUT2D eigenvalue weighted by Gasteiger charge is -2.60. The van der Waals surface area contributed by atoms with Crippen molar-refractivity contribution in [2.75, 3.05) is 11.6 Å². The van der Waals surface area contributed by atoms with Crippen LogP contribution in [0.3, 0.4) is 0 Å². The molecule has 30 heavy (non-hydrogen) atoms. The predicted octanol–water partition coefficient (Wildman–Crippen LogP) is 7.54. The van der Waals surface area contributed by atoms with Crippen molar-refractivity contribution >= 4 is 21.6 Å². The molecule has 7 atom stereocenters. The van der Waals surface area contributed by atoms with Gasteiger partial charge in [0.2, 0.25) is 0 Å². The van der Waals surface area contributed by atoms with Crippen LogP contribution in [0.2, 0.25) is 0 Å². The van der Waals surface area contributed by atoms with Crippen molar-refractivity contribution < 1.29 is 4.84 Å². The van der Waals surface area contributed by atoms with Crippen LogP contribution in [-0.4, -0.2) is 12.6 Å². The van der Waals surface area contributed by atoms with Crippen LogP contribution in [0, 0.1) is 34.5 Å². The Balaban J connectivity index is 1.27. The van der Waals surface area contributed by atoms with Gasteiger partial charge in [0.25, 0.3) is 0 Å². The second kappa shape index (κ2) is 7.10. The fourth-order valence-corrected chi connectivity index (χ4v) is 9.01. The van der Waals surface area contributed by atoms with Crippen LogP contribution in [-0.2, 0) is 4.84 Å². The van der Waals surface area contributed by atoms with Gasteiger partial charge in [-0.25, -0.2) is 5.06 Å². The van der Waals surface area contributed by atoms with Gasteiger partial charge in [0.1, 0.15) is 6.10 Å². The average molecular weight is 470 g/mol. The number of anilines is 1. The van der Waals surface area contributed by atoms with Gasteiger partial charge in [-0.3, -0.25) is 4.84 Å². The van der Waals surface area contributed by atoms with Gasteiger partial charge in [-0.05, 0) is 109 Å². The molecule has 3 heteroatoms. The third kappa shape index (κ3) is 2.83. The summed E-state index contributed by atoms with van der Waals surface area (Å²) in [6.45, 7) is 6.15. The van der Waals surface area contributed by atoms with E-state index in [4.69, 9.17) is 4.84 Å². The Kier molecular flexibility index (Phi) is 4.70. The third-order valence-corrected chi connectivity index (χ3v) is 10.8. The second-order valence-electron chi connectivity index (χ2n) is 11.4. The summed E-state index contributed by atoms with van der Waals surface area (Å²) in [4.78, 5) is 6.65. The Bertz CT molecular complexity index is 849. The van der Waals surface area contributed by atoms with Gasteiger partial charge in [0, 0.05) is 4.47 Å². The first kappa shape index (κ1) is 19.9. The molecule has 1 unspecified atom stereocenters. The van der Waals surface area contributed by atoms with Gasteiger partial charge in [-0.15, -0.1) is 0 Å². The lowest BCUT2D eigenvalue weighted by molar-refractivity contribution is -0.0981. The molecule has 0 spiro atoms. The first-order valence-corrected chi connectivity index (χ1v) is 13.2. The highest BCUT2D eigenvalue weighted by molar-refractivity contribution is 9.10. The number of hydrogen-bond donors (Lipinski definition) is 0. The van der Waals surface area contributed by atoms with Crippen LogP contribution in [0.4, 0.5) is 5.69 Å². The standard InChI is InChI=1S/C27H36BrNO/c1-26-14-4-3-5-18(26)6-11-21-22(26)12-15-27(2)23-13-16-29(30-25(23)17-24(21)27)20-9-7-19(28)8-10-20/h7-10,13,18,21-22,24-25H,3-6,11-12,14-17H2,1-2H3/t18?,21-,22+,24+,25-,26+,27-/m1/s1. The zero-order valence-electron chi connectivity index (χ0n) is 18.6. The molecular formula is C27H36BrNO. The highest BCUT2D eigenvalue weighted by Gasteiger charge is 2.61. The summed E-state index contributed by atoms with van der Waals surface area (Å²) >= 11 is 3.55. The summed E-state index contributed by atoms with van der Waals surface area (Å²) in [5.41, 5.74) is 3.79. The van der Waals surface area contributed by atoms with E-state index in [0.29, 0.717) is 10.8 Å². The summed E-state index contributed by atoms with van der Waals surface area (Å²) in [5, 5.41) is 2.12. The SMILES string of the molecule is C[C@]12CCCCC1CC[C@@H]1[C@@H]2CC[C@]2(C)C3=CCN(c4ccc(Br)cc4)O[C@@H]3C[C@@H]12. The quantitative estimate of drug-likeness (QED) is 0.393. The maximum atomic E-state index is 6.65. The molecule has 1 aromatic carbocycles. The predicted molar refractivity (Wildman–Crippen MR) is 126 cm³/mol. The van der Waals surface area contributed by atoms with Crippen LogP contribution in [0.15, 0.2) is 40.4 Å². The van der Waals surface area contributed by atoms with Gasteiger partial charge in [-0.2, -0.15) is 0 Å². The Hall–Kier alpha value is -0.800. The van der Waals surface area contributed by atoms with Crippen LogP contribution in [0.5, 0.6) is 0 Å². The molecule has 6 rings (SSSR count). The van der Waals surface area contributed by atoms with E-state index in [9.17, 15) is 0 Å². The molecule has 1 aliphatic heterocycles. The number of fused-ring (bicyclic) bond motifs is 7. The minimum atomic E-state index is 0.285. The van der Waals surface area contributed by atoms with Crippen molar-refractivity contribution in [1.29, 1.82) is 0 Å². The van der Waals surface area contributed by atoms with Gasteiger partial charge in [0.15, 0.2) is 0 Å². The van der Waals surface area contributed by atoms with Crippen LogP contribution in [0.1, 0.15) is 71.6 Å². The third-order valence-electron chi connectivity index (χ3n) is 10.3. The molecule has 2 nitrogen and oxygen atoms in total. The summed E-state index contributed by atoms with van der Waals surface area (Å²) < 4.78 is 1.12. The first-order chi connectivity index (χ1) is 14.5. The molecule has 0 aromatic heterocycles. The molecule has 1 heterocycles. The minimum absolute atomic E-state index is 0.285. The highest BCUT2D eigenvalue weighted by atomic mass is 79.9. The number of nitrogens with zero attached hydrogens (tertiary/aromatic N) is 1. The van der Waals surface area contributed by atoms with Crippen molar-refractivity contribution in [3.8, 4) is 0 Å². The molecule has 162 valence electrons. The molecule has 0 bridgehead atoms. The van der Waals surface area contributed by atoms with Crippen molar-refractivity contribution in [2.45, 2.75) is 77.7 Å². The topological polar surface area (TPSA) is 12.5 Å². The van der Waals surface area contributed by atoms with E-state index in [0.717, 1.165) is 34.7 Å². The molecule has 4 fully saturated rings. The van der Waals surface area contributed by atoms with Gasteiger partial charge in [-0.1, -0.05) is 48.7 Å². The van der Waals surface area contributed by atoms with E-state index in [1.54, 1.807) is 5.57 Å². The van der Waals surface area contributed by atoms with Gasteiger partial charge >= 0.3 is 0 Å². The van der Waals surface area contributed by atoms with Crippen molar-refractivity contribution in [1.82, 2.24) is 0 Å². The lowest BCUT2D eigenvalue weighted by atomic mass is 9.45. The minimum Gasteiger partial charge on any atom is -0.265 e. The molecule has 5 aliphatic rings. The van der Waals surface area contributed by atoms with Crippen molar-refractivity contribution in [2.24, 2.45) is 34.5 Å². The van der Waals surface area contributed by atoms with Gasteiger partial charge in [0.05, 0.1) is 12.2 Å². The highest BCUT2D eigenvalue weighted by Crippen LogP contribution is 2.67. The normalized spacial score (nSPS) is 45.1. The number of rotatable bonds is 1. The summed E-state index contributed by atoms with van der Waals surface area (Å²) in [6.07, 6.45) is 15.8. The van der Waals surface area contributed by atoms with E-state index in [1.807, 2.05) is 0 Å².